The van der Waals surface area contributed by atoms with E-state index in [1.54, 1.807) is 0 Å². The van der Waals surface area contributed by atoms with Crippen molar-refractivity contribution in [2.45, 2.75) is 51.7 Å². The first kappa shape index (κ1) is 15.2. The van der Waals surface area contributed by atoms with E-state index in [0.717, 1.165) is 32.4 Å². The van der Waals surface area contributed by atoms with Gasteiger partial charge in [0.15, 0.2) is 0 Å². The van der Waals surface area contributed by atoms with Crippen molar-refractivity contribution in [1.29, 1.82) is 0 Å². The SMILES string of the molecule is CCC1CN2CCc3c([nH]c4ccccc34)C2CC1C(C)(C)O. The molecular formula is C20H28N2O. The molecule has 1 fully saturated rings. The van der Waals surface area contributed by atoms with Gasteiger partial charge in [-0.3, -0.25) is 4.90 Å². The van der Waals surface area contributed by atoms with Crippen LogP contribution in [-0.4, -0.2) is 33.7 Å². The second kappa shape index (κ2) is 5.35. The maximum Gasteiger partial charge on any atom is 0.0623 e. The molecule has 23 heavy (non-hydrogen) atoms. The summed E-state index contributed by atoms with van der Waals surface area (Å²) >= 11 is 0. The van der Waals surface area contributed by atoms with Gasteiger partial charge >= 0.3 is 0 Å². The molecule has 2 N–H and O–H groups in total. The first-order chi connectivity index (χ1) is 11.0. The van der Waals surface area contributed by atoms with Crippen LogP contribution in [0.1, 0.15) is 50.9 Å². The average Bonchev–Trinajstić information content (AvgIpc) is 2.91. The molecule has 0 amide bonds. The van der Waals surface area contributed by atoms with Gasteiger partial charge in [-0.05, 0) is 50.2 Å². The Balaban J connectivity index is 1.75. The van der Waals surface area contributed by atoms with E-state index in [1.807, 2.05) is 13.8 Å². The lowest BCUT2D eigenvalue weighted by molar-refractivity contribution is -0.0661. The summed E-state index contributed by atoms with van der Waals surface area (Å²) in [6.45, 7) is 8.51. The quantitative estimate of drug-likeness (QED) is 0.883. The molecule has 124 valence electrons. The molecule has 2 aliphatic rings. The molecule has 0 aliphatic carbocycles. The van der Waals surface area contributed by atoms with Crippen LogP contribution in [0.3, 0.4) is 0 Å². The van der Waals surface area contributed by atoms with Crippen LogP contribution in [-0.2, 0) is 6.42 Å². The van der Waals surface area contributed by atoms with E-state index in [0.29, 0.717) is 17.9 Å². The summed E-state index contributed by atoms with van der Waals surface area (Å²) in [6, 6.07) is 9.10. The van der Waals surface area contributed by atoms with Gasteiger partial charge in [0.1, 0.15) is 0 Å². The molecule has 3 atom stereocenters. The number of rotatable bonds is 2. The molecule has 0 spiro atoms. The molecule has 3 heterocycles. The summed E-state index contributed by atoms with van der Waals surface area (Å²) in [5, 5.41) is 12.1. The fourth-order valence-electron chi connectivity index (χ4n) is 4.99. The molecule has 0 radical (unpaired) electrons. The molecule has 3 heteroatoms. The number of para-hydroxylation sites is 1. The number of hydrogen-bond acceptors (Lipinski definition) is 2. The van der Waals surface area contributed by atoms with Gasteiger partial charge in [0.2, 0.25) is 0 Å². The number of H-pyrrole nitrogens is 1. The summed E-state index contributed by atoms with van der Waals surface area (Å²) in [4.78, 5) is 6.34. The Labute approximate surface area is 138 Å². The average molecular weight is 312 g/mol. The van der Waals surface area contributed by atoms with Crippen LogP contribution in [0.4, 0.5) is 0 Å². The van der Waals surface area contributed by atoms with Crippen LogP contribution in [0.2, 0.25) is 0 Å². The molecule has 1 aromatic carbocycles. The number of piperidine rings is 1. The van der Waals surface area contributed by atoms with Crippen molar-refractivity contribution >= 4 is 10.9 Å². The Bertz CT molecular complexity index is 712. The Hall–Kier alpha value is -1.32. The number of nitrogens with zero attached hydrogens (tertiary/aromatic N) is 1. The third kappa shape index (κ3) is 2.41. The zero-order valence-electron chi connectivity index (χ0n) is 14.5. The predicted molar refractivity (Wildman–Crippen MR) is 94.5 cm³/mol. The Morgan fingerprint density at radius 1 is 1.30 bits per heavy atom. The fraction of sp³-hybridized carbons (Fsp3) is 0.600. The molecule has 1 saturated heterocycles. The molecule has 2 aromatic rings. The highest BCUT2D eigenvalue weighted by Crippen LogP contribution is 2.46. The monoisotopic (exact) mass is 312 g/mol. The van der Waals surface area contributed by atoms with Crippen LogP contribution >= 0.6 is 0 Å². The number of aliphatic hydroxyl groups is 1. The molecular weight excluding hydrogens is 284 g/mol. The highest BCUT2D eigenvalue weighted by atomic mass is 16.3. The lowest BCUT2D eigenvalue weighted by Gasteiger charge is -2.49. The largest absolute Gasteiger partial charge is 0.390 e. The van der Waals surface area contributed by atoms with E-state index < -0.39 is 5.60 Å². The van der Waals surface area contributed by atoms with Gasteiger partial charge < -0.3 is 10.1 Å². The Morgan fingerprint density at radius 3 is 2.83 bits per heavy atom. The van der Waals surface area contributed by atoms with Gasteiger partial charge in [-0.25, -0.2) is 0 Å². The third-order valence-corrected chi connectivity index (χ3v) is 6.22. The van der Waals surface area contributed by atoms with Gasteiger partial charge in [0, 0.05) is 29.7 Å². The third-order valence-electron chi connectivity index (χ3n) is 6.22. The number of benzene rings is 1. The van der Waals surface area contributed by atoms with E-state index in [1.165, 1.54) is 22.2 Å². The molecule has 4 rings (SSSR count). The van der Waals surface area contributed by atoms with Crippen LogP contribution in [0.15, 0.2) is 24.3 Å². The van der Waals surface area contributed by atoms with Gasteiger partial charge in [-0.1, -0.05) is 31.5 Å². The minimum Gasteiger partial charge on any atom is -0.390 e. The molecule has 3 unspecified atom stereocenters. The van der Waals surface area contributed by atoms with Crippen molar-refractivity contribution in [3.63, 3.8) is 0 Å². The highest BCUT2D eigenvalue weighted by Gasteiger charge is 2.44. The lowest BCUT2D eigenvalue weighted by atomic mass is 9.70. The van der Waals surface area contributed by atoms with Crippen molar-refractivity contribution in [2.75, 3.05) is 13.1 Å². The van der Waals surface area contributed by atoms with E-state index in [2.05, 4.69) is 41.1 Å². The number of hydrogen-bond donors (Lipinski definition) is 2. The standard InChI is InChI=1S/C20H28N2O/c1-4-13-12-22-10-9-15-14-7-5-6-8-17(14)21-19(15)18(22)11-16(13)20(2,3)23/h5-8,13,16,18,21,23H,4,9-12H2,1-3H3. The van der Waals surface area contributed by atoms with Crippen molar-refractivity contribution < 1.29 is 5.11 Å². The van der Waals surface area contributed by atoms with Gasteiger partial charge in [0.25, 0.3) is 0 Å². The fourth-order valence-corrected chi connectivity index (χ4v) is 4.99. The van der Waals surface area contributed by atoms with Crippen LogP contribution in [0.25, 0.3) is 10.9 Å². The first-order valence-corrected chi connectivity index (χ1v) is 9.05. The summed E-state index contributed by atoms with van der Waals surface area (Å²) < 4.78 is 0. The first-order valence-electron chi connectivity index (χ1n) is 9.05. The normalized spacial score (nSPS) is 28.6. The highest BCUT2D eigenvalue weighted by molar-refractivity contribution is 5.85. The summed E-state index contributed by atoms with van der Waals surface area (Å²) in [5.74, 6) is 0.961. The van der Waals surface area contributed by atoms with Crippen LogP contribution < -0.4 is 0 Å². The second-order valence-corrected chi connectivity index (χ2v) is 7.99. The lowest BCUT2D eigenvalue weighted by Crippen LogP contribution is -2.51. The summed E-state index contributed by atoms with van der Waals surface area (Å²) in [7, 11) is 0. The van der Waals surface area contributed by atoms with Gasteiger partial charge in [-0.15, -0.1) is 0 Å². The molecule has 3 nitrogen and oxygen atoms in total. The van der Waals surface area contributed by atoms with E-state index in [9.17, 15) is 5.11 Å². The maximum absolute atomic E-state index is 10.7. The summed E-state index contributed by atoms with van der Waals surface area (Å²) in [5.41, 5.74) is 3.57. The zero-order valence-corrected chi connectivity index (χ0v) is 14.5. The minimum absolute atomic E-state index is 0.367. The second-order valence-electron chi connectivity index (χ2n) is 7.99. The smallest absolute Gasteiger partial charge is 0.0623 e. The minimum atomic E-state index is -0.601. The number of aromatic amines is 1. The van der Waals surface area contributed by atoms with Crippen molar-refractivity contribution in [3.8, 4) is 0 Å². The number of fused-ring (bicyclic) bond motifs is 5. The van der Waals surface area contributed by atoms with E-state index in [-0.39, 0.29) is 0 Å². The summed E-state index contributed by atoms with van der Waals surface area (Å²) in [6.07, 6.45) is 3.35. The van der Waals surface area contributed by atoms with E-state index >= 15 is 0 Å². The van der Waals surface area contributed by atoms with E-state index in [4.69, 9.17) is 0 Å². The molecule has 2 aliphatic heterocycles. The predicted octanol–water partition coefficient (Wildman–Crippen LogP) is 3.88. The molecule has 0 saturated carbocycles. The number of aromatic nitrogens is 1. The zero-order chi connectivity index (χ0) is 16.2. The Kier molecular flexibility index (Phi) is 3.54. The molecule has 0 bridgehead atoms. The Morgan fingerprint density at radius 2 is 2.09 bits per heavy atom. The van der Waals surface area contributed by atoms with Crippen molar-refractivity contribution in [1.82, 2.24) is 9.88 Å². The topological polar surface area (TPSA) is 39.3 Å². The van der Waals surface area contributed by atoms with Crippen LogP contribution in [0, 0.1) is 11.8 Å². The van der Waals surface area contributed by atoms with Crippen molar-refractivity contribution in [2.24, 2.45) is 11.8 Å². The van der Waals surface area contributed by atoms with Gasteiger partial charge in [-0.2, -0.15) is 0 Å². The maximum atomic E-state index is 10.7. The van der Waals surface area contributed by atoms with Gasteiger partial charge in [0.05, 0.1) is 11.6 Å². The molecule has 1 aromatic heterocycles. The number of nitrogens with one attached hydrogen (secondary N) is 1. The van der Waals surface area contributed by atoms with Crippen molar-refractivity contribution in [3.05, 3.63) is 35.5 Å². The van der Waals surface area contributed by atoms with Crippen LogP contribution in [0.5, 0.6) is 0 Å².